The fraction of sp³-hybridized carbons (Fsp3) is 0. The van der Waals surface area contributed by atoms with Gasteiger partial charge in [0.1, 0.15) is 0 Å². The zero-order valence-corrected chi connectivity index (χ0v) is 28.2. The third-order valence-electron chi connectivity index (χ3n) is 10.3. The summed E-state index contributed by atoms with van der Waals surface area (Å²) in [6, 6.07) is 58.3. The molecule has 51 heavy (non-hydrogen) atoms. The first-order valence-electron chi connectivity index (χ1n) is 17.2. The number of benzene rings is 8. The van der Waals surface area contributed by atoms with E-state index in [9.17, 15) is 0 Å². The SMILES string of the molecule is c1ccc(-c2nc(-c3ccc(-c4ccccc4)c4ccccc34)nc(-c3c4c(cc5sc6ccccc6c35)-c3cccc5cccc-4c35)n2)cc1. The zero-order valence-electron chi connectivity index (χ0n) is 27.3. The van der Waals surface area contributed by atoms with Gasteiger partial charge in [-0.15, -0.1) is 11.3 Å². The Kier molecular flexibility index (Phi) is 6.12. The summed E-state index contributed by atoms with van der Waals surface area (Å²) >= 11 is 1.84. The van der Waals surface area contributed by atoms with Crippen LogP contribution in [0.2, 0.25) is 0 Å². The average Bonchev–Trinajstić information content (AvgIpc) is 3.73. The second kappa shape index (κ2) is 11.0. The molecule has 4 heteroatoms. The van der Waals surface area contributed by atoms with Crippen LogP contribution < -0.4 is 0 Å². The molecule has 1 aliphatic rings. The smallest absolute Gasteiger partial charge is 0.165 e. The highest BCUT2D eigenvalue weighted by atomic mass is 32.1. The fourth-order valence-electron chi connectivity index (χ4n) is 8.06. The third-order valence-corrected chi connectivity index (χ3v) is 11.4. The van der Waals surface area contributed by atoms with Gasteiger partial charge in [-0.3, -0.25) is 0 Å². The van der Waals surface area contributed by atoms with Crippen molar-refractivity contribution in [1.29, 1.82) is 0 Å². The molecule has 0 radical (unpaired) electrons. The van der Waals surface area contributed by atoms with Crippen molar-refractivity contribution in [2.45, 2.75) is 0 Å². The molecular formula is C47H27N3S. The summed E-state index contributed by atoms with van der Waals surface area (Å²) < 4.78 is 2.49. The topological polar surface area (TPSA) is 38.7 Å². The van der Waals surface area contributed by atoms with Crippen molar-refractivity contribution in [3.05, 3.63) is 164 Å². The molecule has 0 spiro atoms. The van der Waals surface area contributed by atoms with Crippen molar-refractivity contribution < 1.29 is 0 Å². The predicted molar refractivity (Wildman–Crippen MR) is 214 cm³/mol. The zero-order chi connectivity index (χ0) is 33.5. The third kappa shape index (κ3) is 4.27. The van der Waals surface area contributed by atoms with Crippen LogP contribution in [0.4, 0.5) is 0 Å². The normalized spacial score (nSPS) is 11.9. The maximum atomic E-state index is 5.48. The molecule has 0 aliphatic heterocycles. The molecule has 2 aromatic heterocycles. The molecule has 8 aromatic carbocycles. The van der Waals surface area contributed by atoms with Crippen LogP contribution in [0, 0.1) is 0 Å². The minimum Gasteiger partial charge on any atom is -0.208 e. The summed E-state index contributed by atoms with van der Waals surface area (Å²) in [4.78, 5) is 16.1. The van der Waals surface area contributed by atoms with E-state index < -0.39 is 0 Å². The second-order valence-corrected chi connectivity index (χ2v) is 14.2. The maximum absolute atomic E-state index is 5.48. The molecule has 0 unspecified atom stereocenters. The van der Waals surface area contributed by atoms with Gasteiger partial charge in [-0.05, 0) is 67.6 Å². The van der Waals surface area contributed by atoms with Gasteiger partial charge in [-0.25, -0.2) is 15.0 Å². The number of nitrogens with zero attached hydrogens (tertiary/aromatic N) is 3. The Morgan fingerprint density at radius 2 is 0.941 bits per heavy atom. The Hall–Kier alpha value is -6.49. The lowest BCUT2D eigenvalue weighted by Gasteiger charge is -2.16. The van der Waals surface area contributed by atoms with E-state index in [4.69, 9.17) is 15.0 Å². The second-order valence-electron chi connectivity index (χ2n) is 13.1. The largest absolute Gasteiger partial charge is 0.208 e. The molecule has 3 nitrogen and oxygen atoms in total. The molecule has 0 bridgehead atoms. The minimum absolute atomic E-state index is 0.658. The van der Waals surface area contributed by atoms with Crippen molar-refractivity contribution >= 4 is 53.1 Å². The van der Waals surface area contributed by atoms with Gasteiger partial charge in [0.25, 0.3) is 0 Å². The van der Waals surface area contributed by atoms with Gasteiger partial charge >= 0.3 is 0 Å². The predicted octanol–water partition coefficient (Wildman–Crippen LogP) is 12.9. The lowest BCUT2D eigenvalue weighted by Crippen LogP contribution is -2.02. The molecule has 2 heterocycles. The summed E-state index contributed by atoms with van der Waals surface area (Å²) in [6.45, 7) is 0. The van der Waals surface area contributed by atoms with Gasteiger partial charge in [0.15, 0.2) is 17.5 Å². The molecule has 0 fully saturated rings. The van der Waals surface area contributed by atoms with Crippen molar-refractivity contribution in [3.63, 3.8) is 0 Å². The van der Waals surface area contributed by atoms with E-state index in [1.165, 1.54) is 69.7 Å². The van der Waals surface area contributed by atoms with E-state index in [0.29, 0.717) is 17.5 Å². The molecule has 236 valence electrons. The van der Waals surface area contributed by atoms with Crippen molar-refractivity contribution in [2.75, 3.05) is 0 Å². The van der Waals surface area contributed by atoms with E-state index in [1.807, 2.05) is 29.5 Å². The van der Waals surface area contributed by atoms with Gasteiger partial charge in [0.2, 0.25) is 0 Å². The van der Waals surface area contributed by atoms with Crippen molar-refractivity contribution in [2.24, 2.45) is 0 Å². The van der Waals surface area contributed by atoms with Crippen LogP contribution in [0.25, 0.3) is 109 Å². The number of hydrogen-bond acceptors (Lipinski definition) is 4. The van der Waals surface area contributed by atoms with Gasteiger partial charge in [0.05, 0.1) is 0 Å². The van der Waals surface area contributed by atoms with E-state index >= 15 is 0 Å². The molecule has 1 aliphatic carbocycles. The van der Waals surface area contributed by atoms with Crippen LogP contribution in [0.3, 0.4) is 0 Å². The highest BCUT2D eigenvalue weighted by Gasteiger charge is 2.30. The van der Waals surface area contributed by atoms with Gasteiger partial charge < -0.3 is 0 Å². The average molecular weight is 666 g/mol. The first-order valence-corrected chi connectivity index (χ1v) is 18.0. The van der Waals surface area contributed by atoms with Crippen molar-refractivity contribution in [1.82, 2.24) is 15.0 Å². The summed E-state index contributed by atoms with van der Waals surface area (Å²) in [5, 5.41) is 7.22. The Morgan fingerprint density at radius 3 is 1.73 bits per heavy atom. The van der Waals surface area contributed by atoms with Crippen LogP contribution in [0.1, 0.15) is 0 Å². The van der Waals surface area contributed by atoms with E-state index in [1.54, 1.807) is 0 Å². The van der Waals surface area contributed by atoms with Crippen molar-refractivity contribution in [3.8, 4) is 67.5 Å². The minimum atomic E-state index is 0.658. The van der Waals surface area contributed by atoms with Gasteiger partial charge in [-0.2, -0.15) is 0 Å². The number of rotatable bonds is 4. The molecule has 0 saturated carbocycles. The quantitative estimate of drug-likeness (QED) is 0.188. The van der Waals surface area contributed by atoms with Gasteiger partial charge in [-0.1, -0.05) is 146 Å². The molecule has 0 N–H and O–H groups in total. The number of hydrogen-bond donors (Lipinski definition) is 0. The molecule has 10 aromatic rings. The summed E-state index contributed by atoms with van der Waals surface area (Å²) in [5.74, 6) is 2.00. The Balaban J connectivity index is 1.26. The van der Waals surface area contributed by atoms with Crippen LogP contribution >= 0.6 is 11.3 Å². The lowest BCUT2D eigenvalue weighted by atomic mass is 9.93. The van der Waals surface area contributed by atoms with E-state index in [-0.39, 0.29) is 0 Å². The molecule has 11 rings (SSSR count). The highest BCUT2D eigenvalue weighted by molar-refractivity contribution is 7.26. The Morgan fingerprint density at radius 1 is 0.333 bits per heavy atom. The number of thiophene rings is 1. The molecule has 0 saturated heterocycles. The lowest BCUT2D eigenvalue weighted by molar-refractivity contribution is 1.08. The number of aromatic nitrogens is 3. The van der Waals surface area contributed by atoms with Crippen LogP contribution in [-0.2, 0) is 0 Å². The first kappa shape index (κ1) is 28.4. The van der Waals surface area contributed by atoms with E-state index in [0.717, 1.165) is 22.1 Å². The monoisotopic (exact) mass is 665 g/mol. The van der Waals surface area contributed by atoms with E-state index in [2.05, 4.69) is 146 Å². The first-order chi connectivity index (χ1) is 25.3. The fourth-order valence-corrected chi connectivity index (χ4v) is 9.22. The molecular weight excluding hydrogens is 639 g/mol. The summed E-state index contributed by atoms with van der Waals surface area (Å²) in [7, 11) is 0. The summed E-state index contributed by atoms with van der Waals surface area (Å²) in [5.41, 5.74) is 10.3. The molecule has 0 amide bonds. The van der Waals surface area contributed by atoms with Crippen LogP contribution in [0.15, 0.2) is 164 Å². The maximum Gasteiger partial charge on any atom is 0.165 e. The Labute approximate surface area is 298 Å². The standard InChI is InChI=1S/C47H27N3S/c1-3-13-28(14-4-1)31-25-26-35(33-20-8-7-19-32(31)33)46-48-45(30-15-5-2-6-16-30)49-47(50-46)44-42-37-23-12-18-29-17-11-22-34(41(29)37)38(42)27-40-43(44)36-21-9-10-24-39(36)51-40/h1-27H. The number of fused-ring (bicyclic) bond motifs is 7. The highest BCUT2D eigenvalue weighted by Crippen LogP contribution is 2.55. The van der Waals surface area contributed by atoms with Crippen LogP contribution in [-0.4, -0.2) is 15.0 Å². The van der Waals surface area contributed by atoms with Gasteiger partial charge in [0, 0.05) is 42.4 Å². The summed E-state index contributed by atoms with van der Waals surface area (Å²) in [6.07, 6.45) is 0. The Bertz CT molecular complexity index is 3010. The molecule has 0 atom stereocenters. The van der Waals surface area contributed by atoms with Crippen LogP contribution in [0.5, 0.6) is 0 Å².